The summed E-state index contributed by atoms with van der Waals surface area (Å²) in [4.78, 5) is 16.8. The summed E-state index contributed by atoms with van der Waals surface area (Å²) < 4.78 is 16.4. The van der Waals surface area contributed by atoms with Crippen molar-refractivity contribution in [1.82, 2.24) is 4.57 Å². The van der Waals surface area contributed by atoms with Crippen LogP contribution in [0.25, 0.3) is 10.2 Å². The molecule has 2 aromatic carbocycles. The molecule has 3 aromatic rings. The number of aromatic nitrogens is 1. The van der Waals surface area contributed by atoms with E-state index in [9.17, 15) is 9.18 Å². The molecule has 1 heterocycles. The van der Waals surface area contributed by atoms with Crippen LogP contribution in [0.15, 0.2) is 41.4 Å². The van der Waals surface area contributed by atoms with Crippen molar-refractivity contribution in [2.24, 2.45) is 4.99 Å². The predicted octanol–water partition coefficient (Wildman–Crippen LogP) is 4.18. The molecule has 24 heavy (non-hydrogen) atoms. The van der Waals surface area contributed by atoms with Gasteiger partial charge in [0.15, 0.2) is 4.80 Å². The molecule has 0 atom stereocenters. The molecule has 0 saturated heterocycles. The lowest BCUT2D eigenvalue weighted by Gasteiger charge is -2.04. The molecule has 0 bridgehead atoms. The fraction of sp³-hybridized carbons (Fsp3) is 0.111. The van der Waals surface area contributed by atoms with Crippen molar-refractivity contribution in [3.05, 3.63) is 63.2 Å². The number of fused-ring (bicyclic) bond motifs is 1. The van der Waals surface area contributed by atoms with E-state index in [2.05, 4.69) is 10.9 Å². The number of thiazole rings is 1. The number of benzene rings is 2. The van der Waals surface area contributed by atoms with Gasteiger partial charge in [-0.25, -0.2) is 4.39 Å². The summed E-state index contributed by atoms with van der Waals surface area (Å²) >= 11 is 7.50. The van der Waals surface area contributed by atoms with Crippen LogP contribution in [0.2, 0.25) is 5.02 Å². The molecule has 0 spiro atoms. The smallest absolute Gasteiger partial charge is 0.282 e. The number of hydrogen-bond acceptors (Lipinski definition) is 2. The normalized spacial score (nSPS) is 11.7. The van der Waals surface area contributed by atoms with E-state index >= 15 is 0 Å². The number of halogens is 2. The maximum atomic E-state index is 13.8. The maximum Gasteiger partial charge on any atom is 0.282 e. The van der Waals surface area contributed by atoms with Gasteiger partial charge in [0.25, 0.3) is 5.91 Å². The standard InChI is InChI=1S/C18H12ClFN2OS/c1-3-10-22-16-11(2)13(19)8-9-15(16)24-18(22)21-17(23)12-6-4-5-7-14(12)20/h1,4-9H,10H2,2H3. The minimum atomic E-state index is -0.644. The van der Waals surface area contributed by atoms with E-state index in [1.807, 2.05) is 13.0 Å². The number of nitrogens with zero attached hydrogens (tertiary/aromatic N) is 2. The van der Waals surface area contributed by atoms with Crippen LogP contribution in [0.1, 0.15) is 15.9 Å². The Morgan fingerprint density at radius 2 is 2.12 bits per heavy atom. The van der Waals surface area contributed by atoms with Crippen LogP contribution in [0.5, 0.6) is 0 Å². The highest BCUT2D eigenvalue weighted by atomic mass is 35.5. The largest absolute Gasteiger partial charge is 0.304 e. The molecule has 0 aliphatic rings. The Bertz CT molecular complexity index is 1060. The quantitative estimate of drug-likeness (QED) is 0.633. The van der Waals surface area contributed by atoms with E-state index in [1.54, 1.807) is 16.7 Å². The van der Waals surface area contributed by atoms with Crippen molar-refractivity contribution in [3.63, 3.8) is 0 Å². The molecule has 0 unspecified atom stereocenters. The highest BCUT2D eigenvalue weighted by molar-refractivity contribution is 7.16. The molecule has 0 radical (unpaired) electrons. The summed E-state index contributed by atoms with van der Waals surface area (Å²) in [5.74, 6) is 1.31. The molecule has 0 fully saturated rings. The van der Waals surface area contributed by atoms with Crippen molar-refractivity contribution >= 4 is 39.1 Å². The van der Waals surface area contributed by atoms with Crippen LogP contribution in [0.4, 0.5) is 4.39 Å². The van der Waals surface area contributed by atoms with E-state index in [0.29, 0.717) is 9.82 Å². The highest BCUT2D eigenvalue weighted by Gasteiger charge is 2.14. The summed E-state index contributed by atoms with van der Waals surface area (Å²) in [6.45, 7) is 2.12. The molecule has 0 aliphatic carbocycles. The number of carbonyl (C=O) groups excluding carboxylic acids is 1. The zero-order chi connectivity index (χ0) is 17.3. The van der Waals surface area contributed by atoms with Gasteiger partial charge in [-0.3, -0.25) is 4.79 Å². The Morgan fingerprint density at radius 3 is 2.83 bits per heavy atom. The zero-order valence-electron chi connectivity index (χ0n) is 12.7. The van der Waals surface area contributed by atoms with Gasteiger partial charge >= 0.3 is 0 Å². The van der Waals surface area contributed by atoms with Gasteiger partial charge in [0.1, 0.15) is 5.82 Å². The van der Waals surface area contributed by atoms with E-state index < -0.39 is 11.7 Å². The van der Waals surface area contributed by atoms with Crippen LogP contribution in [0, 0.1) is 25.1 Å². The van der Waals surface area contributed by atoms with Gasteiger partial charge in [-0.2, -0.15) is 4.99 Å². The first-order chi connectivity index (χ1) is 11.5. The second-order valence-electron chi connectivity index (χ2n) is 5.09. The van der Waals surface area contributed by atoms with Crippen molar-refractivity contribution in [3.8, 4) is 12.3 Å². The second kappa shape index (κ2) is 6.60. The first-order valence-electron chi connectivity index (χ1n) is 7.08. The lowest BCUT2D eigenvalue weighted by Crippen LogP contribution is -2.17. The Hall–Kier alpha value is -2.42. The number of rotatable bonds is 2. The third-order valence-electron chi connectivity index (χ3n) is 3.58. The third kappa shape index (κ3) is 2.86. The van der Waals surface area contributed by atoms with E-state index in [4.69, 9.17) is 18.0 Å². The average Bonchev–Trinajstić information content (AvgIpc) is 2.90. The fourth-order valence-corrected chi connectivity index (χ4v) is 3.66. The van der Waals surface area contributed by atoms with Gasteiger partial charge in [-0.15, -0.1) is 6.42 Å². The fourth-order valence-electron chi connectivity index (χ4n) is 2.42. The Kier molecular flexibility index (Phi) is 4.52. The highest BCUT2D eigenvalue weighted by Crippen LogP contribution is 2.27. The zero-order valence-corrected chi connectivity index (χ0v) is 14.3. The van der Waals surface area contributed by atoms with Crippen molar-refractivity contribution in [2.45, 2.75) is 13.5 Å². The van der Waals surface area contributed by atoms with Gasteiger partial charge in [-0.05, 0) is 36.8 Å². The van der Waals surface area contributed by atoms with E-state index in [1.165, 1.54) is 29.5 Å². The minimum Gasteiger partial charge on any atom is -0.304 e. The average molecular weight is 359 g/mol. The Balaban J connectivity index is 2.24. The molecule has 1 aromatic heterocycles. The van der Waals surface area contributed by atoms with Gasteiger partial charge in [0.2, 0.25) is 0 Å². The summed E-state index contributed by atoms with van der Waals surface area (Å²) in [6, 6.07) is 9.40. The Morgan fingerprint density at radius 1 is 1.38 bits per heavy atom. The lowest BCUT2D eigenvalue weighted by molar-refractivity contribution is 0.0994. The molecule has 3 rings (SSSR count). The van der Waals surface area contributed by atoms with Crippen LogP contribution in [-0.2, 0) is 6.54 Å². The second-order valence-corrected chi connectivity index (χ2v) is 6.51. The molecular formula is C18H12ClFN2OS. The topological polar surface area (TPSA) is 34.4 Å². The van der Waals surface area contributed by atoms with Gasteiger partial charge < -0.3 is 4.57 Å². The van der Waals surface area contributed by atoms with Crippen LogP contribution < -0.4 is 4.80 Å². The van der Waals surface area contributed by atoms with Gasteiger partial charge in [0, 0.05) is 5.02 Å². The maximum absolute atomic E-state index is 13.8. The number of terminal acetylenes is 1. The van der Waals surface area contributed by atoms with Gasteiger partial charge in [-0.1, -0.05) is 41.0 Å². The first kappa shape index (κ1) is 16.4. The van der Waals surface area contributed by atoms with E-state index in [-0.39, 0.29) is 12.1 Å². The number of carbonyl (C=O) groups is 1. The third-order valence-corrected chi connectivity index (χ3v) is 5.03. The molecule has 3 nitrogen and oxygen atoms in total. The van der Waals surface area contributed by atoms with Crippen LogP contribution >= 0.6 is 22.9 Å². The Labute approximate surface area is 147 Å². The van der Waals surface area contributed by atoms with Crippen molar-refractivity contribution < 1.29 is 9.18 Å². The molecular weight excluding hydrogens is 347 g/mol. The predicted molar refractivity (Wildman–Crippen MR) is 94.7 cm³/mol. The number of amides is 1. The minimum absolute atomic E-state index is 0.0723. The molecule has 6 heteroatoms. The van der Waals surface area contributed by atoms with E-state index in [0.717, 1.165) is 15.8 Å². The van der Waals surface area contributed by atoms with Crippen LogP contribution in [-0.4, -0.2) is 10.5 Å². The summed E-state index contributed by atoms with van der Waals surface area (Å²) in [6.07, 6.45) is 5.45. The van der Waals surface area contributed by atoms with Crippen molar-refractivity contribution in [2.75, 3.05) is 0 Å². The number of aryl methyl sites for hydroxylation is 1. The summed E-state index contributed by atoms with van der Waals surface area (Å²) in [7, 11) is 0. The first-order valence-corrected chi connectivity index (χ1v) is 8.28. The molecule has 0 N–H and O–H groups in total. The van der Waals surface area contributed by atoms with Crippen LogP contribution in [0.3, 0.4) is 0 Å². The molecule has 1 amide bonds. The van der Waals surface area contributed by atoms with Gasteiger partial charge in [0.05, 0.1) is 22.3 Å². The number of hydrogen-bond donors (Lipinski definition) is 0. The molecule has 0 aliphatic heterocycles. The summed E-state index contributed by atoms with van der Waals surface area (Å²) in [5, 5.41) is 0.609. The molecule has 120 valence electrons. The lowest BCUT2D eigenvalue weighted by atomic mass is 10.2. The monoisotopic (exact) mass is 358 g/mol. The summed E-state index contributed by atoms with van der Waals surface area (Å²) in [5.41, 5.74) is 1.63. The molecule has 0 saturated carbocycles. The SMILES string of the molecule is C#CCn1c(=NC(=O)c2ccccc2F)sc2ccc(Cl)c(C)c21. The van der Waals surface area contributed by atoms with Crippen molar-refractivity contribution in [1.29, 1.82) is 0 Å².